The standard InChI is InChI=1S/C14H23N5O2/c1-17-7-9-18(10-8-17)19-11-13(21-16-19)15-14(20)12-5-3-2-4-6-12/h11-12H,2-10H2,1H3. The minimum absolute atomic E-state index is 0.0589. The van der Waals surface area contributed by atoms with E-state index in [-0.39, 0.29) is 11.8 Å². The fraction of sp³-hybridized carbons (Fsp3) is 0.786. The number of rotatable bonds is 3. The number of carbonyl (C=O) groups excluding carboxylic acids is 1. The Bertz CT molecular complexity index is 475. The Labute approximate surface area is 124 Å². The van der Waals surface area contributed by atoms with Crippen molar-refractivity contribution in [1.29, 1.82) is 0 Å². The molecular weight excluding hydrogens is 270 g/mol. The van der Waals surface area contributed by atoms with Crippen LogP contribution < -0.4 is 9.80 Å². The van der Waals surface area contributed by atoms with E-state index in [9.17, 15) is 4.79 Å². The van der Waals surface area contributed by atoms with E-state index >= 15 is 0 Å². The van der Waals surface area contributed by atoms with Crippen molar-refractivity contribution in [3.8, 4) is 0 Å². The lowest BCUT2D eigenvalue weighted by molar-refractivity contribution is -0.759. The molecule has 21 heavy (non-hydrogen) atoms. The zero-order valence-corrected chi connectivity index (χ0v) is 12.6. The van der Waals surface area contributed by atoms with Gasteiger partial charge in [-0.25, -0.2) is 0 Å². The summed E-state index contributed by atoms with van der Waals surface area (Å²) >= 11 is 0. The molecular formula is C14H23N5O2. The molecule has 1 aliphatic carbocycles. The molecule has 7 nitrogen and oxygen atoms in total. The summed E-state index contributed by atoms with van der Waals surface area (Å²) in [5, 5.41) is 10.1. The second-order valence-electron chi connectivity index (χ2n) is 6.00. The molecule has 0 radical (unpaired) electrons. The van der Waals surface area contributed by atoms with Gasteiger partial charge in [-0.1, -0.05) is 19.3 Å². The molecule has 2 fully saturated rings. The van der Waals surface area contributed by atoms with Crippen molar-refractivity contribution in [2.45, 2.75) is 32.1 Å². The van der Waals surface area contributed by atoms with Crippen LogP contribution in [-0.4, -0.2) is 49.3 Å². The van der Waals surface area contributed by atoms with E-state index in [0.717, 1.165) is 51.9 Å². The van der Waals surface area contributed by atoms with Crippen molar-refractivity contribution in [2.75, 3.05) is 38.2 Å². The SMILES string of the molecule is CN1CCN([n+]2cc([N-]C(=O)C3CCCCC3)on2)CC1. The molecule has 1 aromatic heterocycles. The third-order valence-corrected chi connectivity index (χ3v) is 4.39. The maximum absolute atomic E-state index is 12.1. The lowest BCUT2D eigenvalue weighted by atomic mass is 9.89. The number of piperazine rings is 1. The van der Waals surface area contributed by atoms with Crippen molar-refractivity contribution < 1.29 is 14.1 Å². The number of amides is 1. The molecule has 1 aromatic rings. The second kappa shape index (κ2) is 6.43. The Morgan fingerprint density at radius 1 is 1.29 bits per heavy atom. The van der Waals surface area contributed by atoms with Gasteiger partial charge >= 0.3 is 0 Å². The molecule has 2 heterocycles. The quantitative estimate of drug-likeness (QED) is 0.776. The Morgan fingerprint density at radius 3 is 2.71 bits per heavy atom. The highest BCUT2D eigenvalue weighted by Gasteiger charge is 2.23. The second-order valence-corrected chi connectivity index (χ2v) is 6.00. The summed E-state index contributed by atoms with van der Waals surface area (Å²) in [6, 6.07) is 0. The molecule has 0 spiro atoms. The largest absolute Gasteiger partial charge is 0.588 e. The minimum Gasteiger partial charge on any atom is -0.588 e. The Morgan fingerprint density at radius 2 is 2.00 bits per heavy atom. The summed E-state index contributed by atoms with van der Waals surface area (Å²) in [4.78, 5) is 16.1. The maximum Gasteiger partial charge on any atom is 0.257 e. The van der Waals surface area contributed by atoms with Crippen LogP contribution in [0.1, 0.15) is 32.1 Å². The zero-order chi connectivity index (χ0) is 14.7. The smallest absolute Gasteiger partial charge is 0.257 e. The molecule has 1 amide bonds. The first kappa shape index (κ1) is 14.3. The van der Waals surface area contributed by atoms with Gasteiger partial charge in [0, 0.05) is 19.0 Å². The maximum atomic E-state index is 12.1. The van der Waals surface area contributed by atoms with E-state index in [1.165, 1.54) is 6.42 Å². The topological polar surface area (TPSA) is 67.6 Å². The third kappa shape index (κ3) is 3.53. The molecule has 1 saturated carbocycles. The highest BCUT2D eigenvalue weighted by molar-refractivity contribution is 5.96. The zero-order valence-electron chi connectivity index (χ0n) is 12.6. The Balaban J connectivity index is 1.56. The summed E-state index contributed by atoms with van der Waals surface area (Å²) < 4.78 is 5.18. The van der Waals surface area contributed by atoms with E-state index in [2.05, 4.69) is 27.5 Å². The summed E-state index contributed by atoms with van der Waals surface area (Å²) in [5.41, 5.74) is 0. The number of nitrogens with zero attached hydrogens (tertiary/aromatic N) is 5. The van der Waals surface area contributed by atoms with Gasteiger partial charge in [-0.05, 0) is 19.9 Å². The minimum atomic E-state index is -0.0589. The Kier molecular flexibility index (Phi) is 4.38. The molecule has 0 unspecified atom stereocenters. The predicted molar refractivity (Wildman–Crippen MR) is 76.7 cm³/mol. The van der Waals surface area contributed by atoms with Gasteiger partial charge in [0.05, 0.1) is 23.8 Å². The van der Waals surface area contributed by atoms with Crippen molar-refractivity contribution in [3.63, 3.8) is 0 Å². The van der Waals surface area contributed by atoms with Crippen molar-refractivity contribution >= 4 is 11.8 Å². The molecule has 7 heteroatoms. The third-order valence-electron chi connectivity index (χ3n) is 4.39. The monoisotopic (exact) mass is 293 g/mol. The van der Waals surface area contributed by atoms with Crippen LogP contribution in [0.15, 0.2) is 10.7 Å². The van der Waals surface area contributed by atoms with Crippen LogP contribution in [0.2, 0.25) is 0 Å². The van der Waals surface area contributed by atoms with Gasteiger partial charge in [-0.2, -0.15) is 5.01 Å². The first-order valence-electron chi connectivity index (χ1n) is 7.80. The van der Waals surface area contributed by atoms with Gasteiger partial charge in [-0.15, -0.1) is 0 Å². The average molecular weight is 293 g/mol. The molecule has 1 aliphatic heterocycles. The van der Waals surface area contributed by atoms with Crippen LogP contribution in [0, 0.1) is 5.92 Å². The summed E-state index contributed by atoms with van der Waals surface area (Å²) in [6.07, 6.45) is 7.10. The van der Waals surface area contributed by atoms with Crippen LogP contribution in [-0.2, 0) is 4.79 Å². The van der Waals surface area contributed by atoms with Crippen LogP contribution in [0.4, 0.5) is 5.88 Å². The summed E-state index contributed by atoms with van der Waals surface area (Å²) in [7, 11) is 2.11. The van der Waals surface area contributed by atoms with E-state index in [1.54, 1.807) is 11.0 Å². The average Bonchev–Trinajstić information content (AvgIpc) is 2.97. The summed E-state index contributed by atoms with van der Waals surface area (Å²) in [6.45, 7) is 3.77. The molecule has 116 valence electrons. The molecule has 0 aromatic carbocycles. The summed E-state index contributed by atoms with van der Waals surface area (Å²) in [5.74, 6) is 0.321. The number of likely N-dealkylation sites (N-methyl/N-ethyl adjacent to an activating group) is 1. The number of aromatic nitrogens is 2. The van der Waals surface area contributed by atoms with E-state index < -0.39 is 0 Å². The van der Waals surface area contributed by atoms with E-state index in [1.807, 2.05) is 0 Å². The van der Waals surface area contributed by atoms with Gasteiger partial charge < -0.3 is 19.5 Å². The van der Waals surface area contributed by atoms with Crippen LogP contribution in [0.25, 0.3) is 5.32 Å². The predicted octanol–water partition coefficient (Wildman–Crippen LogP) is 0.958. The fourth-order valence-corrected chi connectivity index (χ4v) is 2.96. The first-order chi connectivity index (χ1) is 10.2. The molecule has 0 N–H and O–H groups in total. The van der Waals surface area contributed by atoms with Crippen molar-refractivity contribution in [1.82, 2.24) is 10.2 Å². The normalized spacial score (nSPS) is 21.5. The van der Waals surface area contributed by atoms with Crippen LogP contribution in [0.3, 0.4) is 0 Å². The highest BCUT2D eigenvalue weighted by Crippen LogP contribution is 2.28. The van der Waals surface area contributed by atoms with Gasteiger partial charge in [0.15, 0.2) is 0 Å². The number of hydrogen-bond donors (Lipinski definition) is 0. The van der Waals surface area contributed by atoms with Gasteiger partial charge in [0.1, 0.15) is 5.88 Å². The van der Waals surface area contributed by atoms with Crippen LogP contribution in [0.5, 0.6) is 0 Å². The molecule has 3 rings (SSSR count). The fourth-order valence-electron chi connectivity index (χ4n) is 2.96. The van der Waals surface area contributed by atoms with E-state index in [4.69, 9.17) is 4.52 Å². The molecule has 0 bridgehead atoms. The number of carbonyl (C=O) groups is 1. The van der Waals surface area contributed by atoms with Crippen LogP contribution >= 0.6 is 0 Å². The van der Waals surface area contributed by atoms with Gasteiger partial charge in [0.25, 0.3) is 6.20 Å². The van der Waals surface area contributed by atoms with Crippen molar-refractivity contribution in [2.24, 2.45) is 5.92 Å². The lowest BCUT2D eigenvalue weighted by Crippen LogP contribution is -2.64. The Hall–Kier alpha value is -1.63. The molecule has 2 aliphatic rings. The number of hydrogen-bond acceptors (Lipinski definition) is 5. The molecule has 1 saturated heterocycles. The molecule has 0 atom stereocenters. The van der Waals surface area contributed by atoms with Gasteiger partial charge in [-0.3, -0.25) is 0 Å². The highest BCUT2D eigenvalue weighted by atomic mass is 16.5. The van der Waals surface area contributed by atoms with Gasteiger partial charge in [0.2, 0.25) is 5.27 Å². The van der Waals surface area contributed by atoms with E-state index in [0.29, 0.717) is 5.88 Å². The first-order valence-corrected chi connectivity index (χ1v) is 7.80. The lowest BCUT2D eigenvalue weighted by Gasteiger charge is -2.27. The van der Waals surface area contributed by atoms with Crippen molar-refractivity contribution in [3.05, 3.63) is 11.5 Å².